The van der Waals surface area contributed by atoms with Crippen molar-refractivity contribution in [2.75, 3.05) is 33.0 Å². The van der Waals surface area contributed by atoms with Crippen LogP contribution in [0.4, 0.5) is 0 Å². The molecule has 0 aromatic heterocycles. The van der Waals surface area contributed by atoms with Gasteiger partial charge in [0, 0.05) is 20.1 Å². The standard InChI is InChI=1S/C64H102O9/c1-4-6-8-10-12-14-16-18-20-22-24-26-28-39-47-66-52-59(68-48-40-29-27-25-23-21-19-17-15-13-11-9-7-5-2)53-71-64-63(72-55(3)65)62(70-51-58-45-37-32-38-46-58)61(69-50-57-43-35-31-36-44-57)60(73-64)54-67-49-56-41-33-30-34-42-56/h30-38,41-46,59-64H,4-29,39-40,47-54H2,1-3H3/t59?,60-,61-,62+,63-,64-/m1/s1. The van der Waals surface area contributed by atoms with E-state index in [1.54, 1.807) is 0 Å². The number of unbranched alkanes of at least 4 members (excludes halogenated alkanes) is 26. The molecule has 9 heteroatoms. The lowest BCUT2D eigenvalue weighted by molar-refractivity contribution is -0.324. The van der Waals surface area contributed by atoms with E-state index in [1.165, 1.54) is 167 Å². The maximum atomic E-state index is 13.0. The Hall–Kier alpha value is -3.15. The van der Waals surface area contributed by atoms with E-state index in [0.29, 0.717) is 33.0 Å². The van der Waals surface area contributed by atoms with Gasteiger partial charge in [0.15, 0.2) is 12.4 Å². The average Bonchev–Trinajstić information content (AvgIpc) is 3.41. The summed E-state index contributed by atoms with van der Waals surface area (Å²) in [5, 5.41) is 0. The molecule has 1 fully saturated rings. The van der Waals surface area contributed by atoms with Crippen LogP contribution in [0, 0.1) is 0 Å². The minimum absolute atomic E-state index is 0.193. The molecule has 0 radical (unpaired) electrons. The summed E-state index contributed by atoms with van der Waals surface area (Å²) in [7, 11) is 0. The maximum absolute atomic E-state index is 13.0. The molecule has 3 aromatic carbocycles. The van der Waals surface area contributed by atoms with Crippen LogP contribution >= 0.6 is 0 Å². The monoisotopic (exact) mass is 1010 g/mol. The van der Waals surface area contributed by atoms with Gasteiger partial charge >= 0.3 is 5.97 Å². The van der Waals surface area contributed by atoms with Gasteiger partial charge in [-0.1, -0.05) is 272 Å². The van der Waals surface area contributed by atoms with Crippen LogP contribution in [0.5, 0.6) is 0 Å². The average molecular weight is 1020 g/mol. The highest BCUT2D eigenvalue weighted by molar-refractivity contribution is 5.66. The maximum Gasteiger partial charge on any atom is 0.303 e. The van der Waals surface area contributed by atoms with E-state index in [-0.39, 0.29) is 25.9 Å². The van der Waals surface area contributed by atoms with Crippen molar-refractivity contribution in [2.24, 2.45) is 0 Å². The summed E-state index contributed by atoms with van der Waals surface area (Å²) in [6.07, 6.45) is 32.6. The Morgan fingerprint density at radius 1 is 0.438 bits per heavy atom. The van der Waals surface area contributed by atoms with Crippen LogP contribution in [0.1, 0.15) is 217 Å². The summed E-state index contributed by atoms with van der Waals surface area (Å²) in [6.45, 7) is 9.07. The lowest BCUT2D eigenvalue weighted by Gasteiger charge is -2.45. The molecule has 0 bridgehead atoms. The Morgan fingerprint density at radius 3 is 1.27 bits per heavy atom. The molecule has 4 rings (SSSR count). The highest BCUT2D eigenvalue weighted by Crippen LogP contribution is 2.32. The second kappa shape index (κ2) is 43.0. The Kier molecular flexibility index (Phi) is 36.8. The Morgan fingerprint density at radius 2 is 0.836 bits per heavy atom. The third kappa shape index (κ3) is 30.3. The number of esters is 1. The normalized spacial score (nSPS) is 18.3. The predicted octanol–water partition coefficient (Wildman–Crippen LogP) is 16.4. The first-order valence-electron chi connectivity index (χ1n) is 29.6. The fourth-order valence-electron chi connectivity index (χ4n) is 9.76. The number of carbonyl (C=O) groups excluding carboxylic acids is 1. The summed E-state index contributed by atoms with van der Waals surface area (Å²) in [5.74, 6) is -0.460. The molecule has 1 heterocycles. The molecule has 0 amide bonds. The number of carbonyl (C=O) groups is 1. The van der Waals surface area contributed by atoms with Crippen molar-refractivity contribution in [3.05, 3.63) is 108 Å². The lowest BCUT2D eigenvalue weighted by atomic mass is 9.97. The number of benzene rings is 3. The lowest BCUT2D eigenvalue weighted by Crippen LogP contribution is -2.62. The molecule has 412 valence electrons. The summed E-state index contributed by atoms with van der Waals surface area (Å²) in [6, 6.07) is 30.1. The Bertz CT molecular complexity index is 1680. The number of hydrogen-bond acceptors (Lipinski definition) is 9. The molecule has 0 spiro atoms. The zero-order valence-corrected chi connectivity index (χ0v) is 46.3. The fraction of sp³-hybridized carbons (Fsp3) is 0.703. The van der Waals surface area contributed by atoms with Crippen molar-refractivity contribution in [3.8, 4) is 0 Å². The van der Waals surface area contributed by atoms with E-state index in [2.05, 4.69) is 13.8 Å². The summed E-state index contributed by atoms with van der Waals surface area (Å²) in [4.78, 5) is 13.0. The molecule has 1 aliphatic heterocycles. The molecular formula is C64H102O9. The van der Waals surface area contributed by atoms with Gasteiger partial charge in [-0.05, 0) is 29.5 Å². The molecule has 73 heavy (non-hydrogen) atoms. The molecule has 3 aromatic rings. The van der Waals surface area contributed by atoms with Gasteiger partial charge in [-0.15, -0.1) is 0 Å². The van der Waals surface area contributed by atoms with Gasteiger partial charge in [-0.25, -0.2) is 0 Å². The predicted molar refractivity (Wildman–Crippen MR) is 297 cm³/mol. The molecule has 6 atom stereocenters. The van der Waals surface area contributed by atoms with Crippen LogP contribution in [0.15, 0.2) is 91.0 Å². The van der Waals surface area contributed by atoms with Crippen LogP contribution in [-0.4, -0.2) is 75.8 Å². The summed E-state index contributed by atoms with van der Waals surface area (Å²) in [5.41, 5.74) is 3.04. The van der Waals surface area contributed by atoms with E-state index in [9.17, 15) is 4.79 Å². The second-order valence-corrected chi connectivity index (χ2v) is 20.7. The largest absolute Gasteiger partial charge is 0.454 e. The van der Waals surface area contributed by atoms with E-state index in [0.717, 1.165) is 36.0 Å². The first-order chi connectivity index (χ1) is 36.1. The number of hydrogen-bond donors (Lipinski definition) is 0. The van der Waals surface area contributed by atoms with Crippen LogP contribution in [0.2, 0.25) is 0 Å². The quantitative estimate of drug-likeness (QED) is 0.0405. The van der Waals surface area contributed by atoms with Crippen molar-refractivity contribution in [1.29, 1.82) is 0 Å². The number of rotatable bonds is 47. The molecule has 0 aliphatic carbocycles. The van der Waals surface area contributed by atoms with Crippen molar-refractivity contribution in [2.45, 2.75) is 257 Å². The molecule has 9 nitrogen and oxygen atoms in total. The zero-order valence-electron chi connectivity index (χ0n) is 46.3. The fourth-order valence-corrected chi connectivity index (χ4v) is 9.76. The van der Waals surface area contributed by atoms with Crippen molar-refractivity contribution >= 4 is 5.97 Å². The molecule has 1 aliphatic rings. The van der Waals surface area contributed by atoms with Gasteiger partial charge in [0.1, 0.15) is 24.4 Å². The second-order valence-electron chi connectivity index (χ2n) is 20.7. The van der Waals surface area contributed by atoms with E-state index < -0.39 is 36.7 Å². The van der Waals surface area contributed by atoms with Gasteiger partial charge < -0.3 is 37.9 Å². The Balaban J connectivity index is 1.36. The van der Waals surface area contributed by atoms with Gasteiger partial charge in [0.25, 0.3) is 0 Å². The highest BCUT2D eigenvalue weighted by Gasteiger charge is 2.50. The molecule has 1 unspecified atom stereocenters. The zero-order chi connectivity index (χ0) is 51.5. The molecule has 0 saturated carbocycles. The van der Waals surface area contributed by atoms with E-state index >= 15 is 0 Å². The first-order valence-corrected chi connectivity index (χ1v) is 29.6. The van der Waals surface area contributed by atoms with Crippen LogP contribution in [0.3, 0.4) is 0 Å². The SMILES string of the molecule is CCCCCCCCCCCCCCCCOCC(CO[C@@H]1O[C@H](COCc2ccccc2)[C@@H](OCc2ccccc2)[C@H](OCc2ccccc2)[C@H]1OC(C)=O)OCCCCCCCCCCCCCCCC. The van der Waals surface area contributed by atoms with E-state index in [1.807, 2.05) is 91.0 Å². The summed E-state index contributed by atoms with van der Waals surface area (Å²) >= 11 is 0. The van der Waals surface area contributed by atoms with Crippen molar-refractivity contribution in [1.82, 2.24) is 0 Å². The third-order valence-electron chi connectivity index (χ3n) is 14.1. The smallest absolute Gasteiger partial charge is 0.303 e. The van der Waals surface area contributed by atoms with Crippen molar-refractivity contribution < 1.29 is 42.7 Å². The van der Waals surface area contributed by atoms with E-state index in [4.69, 9.17) is 37.9 Å². The highest BCUT2D eigenvalue weighted by atomic mass is 16.7. The molecular weight excluding hydrogens is 913 g/mol. The minimum atomic E-state index is -0.982. The minimum Gasteiger partial charge on any atom is -0.454 e. The van der Waals surface area contributed by atoms with Gasteiger partial charge in [-0.2, -0.15) is 0 Å². The Labute approximate surface area is 444 Å². The van der Waals surface area contributed by atoms with Crippen LogP contribution < -0.4 is 0 Å². The van der Waals surface area contributed by atoms with Crippen LogP contribution in [0.25, 0.3) is 0 Å². The molecule has 0 N–H and O–H groups in total. The third-order valence-corrected chi connectivity index (χ3v) is 14.1. The van der Waals surface area contributed by atoms with Crippen LogP contribution in [-0.2, 0) is 62.5 Å². The van der Waals surface area contributed by atoms with Gasteiger partial charge in [0.05, 0.1) is 39.6 Å². The number of ether oxygens (including phenoxy) is 8. The summed E-state index contributed by atoms with van der Waals surface area (Å²) < 4.78 is 52.4. The van der Waals surface area contributed by atoms with Crippen molar-refractivity contribution in [3.63, 3.8) is 0 Å². The van der Waals surface area contributed by atoms with Gasteiger partial charge in [0.2, 0.25) is 0 Å². The van der Waals surface area contributed by atoms with Gasteiger partial charge in [-0.3, -0.25) is 4.79 Å². The first kappa shape index (κ1) is 62.4. The topological polar surface area (TPSA) is 90.9 Å². The molecule has 1 saturated heterocycles.